The van der Waals surface area contributed by atoms with Gasteiger partial charge in [-0.1, -0.05) is 29.8 Å². The number of amides is 2. The number of carbonyl (C=O) groups is 2. The SMILES string of the molecule is C=CC(=O)N[C@H]1CCCN(C(=O)c2ccc(Cl)c(Cl)c2)C1. The van der Waals surface area contributed by atoms with Crippen LogP contribution in [0.3, 0.4) is 0 Å². The molecule has 1 aromatic rings. The molecule has 0 aliphatic carbocycles. The lowest BCUT2D eigenvalue weighted by molar-refractivity contribution is -0.117. The van der Waals surface area contributed by atoms with E-state index in [1.165, 1.54) is 6.08 Å². The van der Waals surface area contributed by atoms with Crippen LogP contribution in [0.1, 0.15) is 23.2 Å². The Bertz CT molecular complexity index is 575. The largest absolute Gasteiger partial charge is 0.348 e. The molecule has 0 spiro atoms. The topological polar surface area (TPSA) is 49.4 Å². The lowest BCUT2D eigenvalue weighted by Crippen LogP contribution is -2.49. The first-order chi connectivity index (χ1) is 10.0. The van der Waals surface area contributed by atoms with E-state index in [0.717, 1.165) is 12.8 Å². The van der Waals surface area contributed by atoms with E-state index in [9.17, 15) is 9.59 Å². The van der Waals surface area contributed by atoms with Gasteiger partial charge in [0, 0.05) is 24.7 Å². The van der Waals surface area contributed by atoms with E-state index >= 15 is 0 Å². The number of halogens is 2. The third kappa shape index (κ3) is 3.99. The first-order valence-electron chi connectivity index (χ1n) is 6.68. The molecule has 2 amide bonds. The third-order valence-electron chi connectivity index (χ3n) is 3.41. The first kappa shape index (κ1) is 15.9. The molecule has 1 aliphatic rings. The second kappa shape index (κ2) is 6.96. The summed E-state index contributed by atoms with van der Waals surface area (Å²) in [5, 5.41) is 3.60. The summed E-state index contributed by atoms with van der Waals surface area (Å²) in [4.78, 5) is 25.5. The minimum atomic E-state index is -0.219. The molecule has 1 saturated heterocycles. The normalized spacial score (nSPS) is 18.2. The lowest BCUT2D eigenvalue weighted by atomic mass is 10.0. The van der Waals surface area contributed by atoms with Gasteiger partial charge in [-0.05, 0) is 37.1 Å². The summed E-state index contributed by atoms with van der Waals surface area (Å²) in [6.07, 6.45) is 2.93. The predicted molar refractivity (Wildman–Crippen MR) is 83.7 cm³/mol. The Morgan fingerprint density at radius 2 is 2.10 bits per heavy atom. The molecular weight excluding hydrogens is 311 g/mol. The molecule has 0 saturated carbocycles. The van der Waals surface area contributed by atoms with Gasteiger partial charge in [-0.15, -0.1) is 0 Å². The van der Waals surface area contributed by atoms with Gasteiger partial charge in [-0.2, -0.15) is 0 Å². The Kier molecular flexibility index (Phi) is 5.26. The molecule has 0 radical (unpaired) electrons. The minimum Gasteiger partial charge on any atom is -0.348 e. The fraction of sp³-hybridized carbons (Fsp3) is 0.333. The summed E-state index contributed by atoms with van der Waals surface area (Å²) >= 11 is 11.8. The van der Waals surface area contributed by atoms with E-state index in [4.69, 9.17) is 23.2 Å². The van der Waals surface area contributed by atoms with Gasteiger partial charge < -0.3 is 10.2 Å². The van der Waals surface area contributed by atoms with Gasteiger partial charge in [0.15, 0.2) is 0 Å². The highest BCUT2D eigenvalue weighted by Crippen LogP contribution is 2.24. The maximum Gasteiger partial charge on any atom is 0.253 e. The third-order valence-corrected chi connectivity index (χ3v) is 4.15. The fourth-order valence-electron chi connectivity index (χ4n) is 2.35. The number of hydrogen-bond donors (Lipinski definition) is 1. The molecule has 112 valence electrons. The maximum atomic E-state index is 12.5. The molecule has 6 heteroatoms. The number of likely N-dealkylation sites (tertiary alicyclic amines) is 1. The minimum absolute atomic E-state index is 0.0454. The van der Waals surface area contributed by atoms with Gasteiger partial charge in [-0.3, -0.25) is 9.59 Å². The number of nitrogens with zero attached hydrogens (tertiary/aromatic N) is 1. The smallest absolute Gasteiger partial charge is 0.253 e. The van der Waals surface area contributed by atoms with E-state index < -0.39 is 0 Å². The number of carbonyl (C=O) groups excluding carboxylic acids is 2. The van der Waals surface area contributed by atoms with Crippen LogP contribution in [-0.4, -0.2) is 35.8 Å². The zero-order valence-electron chi connectivity index (χ0n) is 11.4. The highest BCUT2D eigenvalue weighted by atomic mass is 35.5. The van der Waals surface area contributed by atoms with Crippen molar-refractivity contribution in [2.75, 3.05) is 13.1 Å². The summed E-state index contributed by atoms with van der Waals surface area (Å²) in [6.45, 7) is 4.58. The van der Waals surface area contributed by atoms with Crippen molar-refractivity contribution in [1.29, 1.82) is 0 Å². The van der Waals surface area contributed by atoms with E-state index in [0.29, 0.717) is 28.7 Å². The van der Waals surface area contributed by atoms with Gasteiger partial charge in [0.05, 0.1) is 10.0 Å². The average molecular weight is 327 g/mol. The van der Waals surface area contributed by atoms with E-state index in [-0.39, 0.29) is 17.9 Å². The Labute approximate surface area is 133 Å². The van der Waals surface area contributed by atoms with Gasteiger partial charge in [0.1, 0.15) is 0 Å². The fourth-order valence-corrected chi connectivity index (χ4v) is 2.65. The molecule has 1 N–H and O–H groups in total. The van der Waals surface area contributed by atoms with E-state index in [2.05, 4.69) is 11.9 Å². The van der Waals surface area contributed by atoms with Crippen molar-refractivity contribution in [3.05, 3.63) is 46.5 Å². The molecule has 0 bridgehead atoms. The van der Waals surface area contributed by atoms with E-state index in [1.807, 2.05) is 0 Å². The van der Waals surface area contributed by atoms with Crippen molar-refractivity contribution in [2.24, 2.45) is 0 Å². The Morgan fingerprint density at radius 1 is 1.33 bits per heavy atom. The lowest BCUT2D eigenvalue weighted by Gasteiger charge is -2.33. The van der Waals surface area contributed by atoms with Crippen LogP contribution in [0, 0.1) is 0 Å². The molecule has 0 aromatic heterocycles. The summed E-state index contributed by atoms with van der Waals surface area (Å²) < 4.78 is 0. The van der Waals surface area contributed by atoms with Gasteiger partial charge >= 0.3 is 0 Å². The monoisotopic (exact) mass is 326 g/mol. The zero-order chi connectivity index (χ0) is 15.4. The molecule has 1 fully saturated rings. The van der Waals surface area contributed by atoms with Crippen LogP contribution in [0.4, 0.5) is 0 Å². The van der Waals surface area contributed by atoms with Crippen molar-refractivity contribution >= 4 is 35.0 Å². The molecule has 1 aromatic carbocycles. The van der Waals surface area contributed by atoms with E-state index in [1.54, 1.807) is 23.1 Å². The molecule has 1 heterocycles. The summed E-state index contributed by atoms with van der Waals surface area (Å²) in [7, 11) is 0. The van der Waals surface area contributed by atoms with Gasteiger partial charge in [0.25, 0.3) is 5.91 Å². The number of nitrogens with one attached hydrogen (secondary N) is 1. The van der Waals surface area contributed by atoms with Crippen molar-refractivity contribution in [3.8, 4) is 0 Å². The number of rotatable bonds is 3. The summed E-state index contributed by atoms with van der Waals surface area (Å²) in [5.74, 6) is -0.324. The van der Waals surface area contributed by atoms with Crippen LogP contribution in [0.2, 0.25) is 10.0 Å². The Morgan fingerprint density at radius 3 is 2.76 bits per heavy atom. The molecular formula is C15H16Cl2N2O2. The Hall–Kier alpha value is -1.52. The van der Waals surface area contributed by atoms with Gasteiger partial charge in [0.2, 0.25) is 5.91 Å². The second-order valence-corrected chi connectivity index (χ2v) is 5.75. The summed E-state index contributed by atoms with van der Waals surface area (Å²) in [5.41, 5.74) is 0.500. The molecule has 2 rings (SSSR count). The first-order valence-corrected chi connectivity index (χ1v) is 7.44. The van der Waals surface area contributed by atoms with Crippen LogP contribution in [0.25, 0.3) is 0 Å². The van der Waals surface area contributed by atoms with Crippen molar-refractivity contribution < 1.29 is 9.59 Å². The number of benzene rings is 1. The molecule has 1 atom stereocenters. The average Bonchev–Trinajstić information content (AvgIpc) is 2.49. The Balaban J connectivity index is 2.06. The van der Waals surface area contributed by atoms with Crippen LogP contribution in [-0.2, 0) is 4.79 Å². The number of hydrogen-bond acceptors (Lipinski definition) is 2. The van der Waals surface area contributed by atoms with Crippen LogP contribution in [0.5, 0.6) is 0 Å². The number of piperidine rings is 1. The molecule has 21 heavy (non-hydrogen) atoms. The molecule has 4 nitrogen and oxygen atoms in total. The molecule has 1 aliphatic heterocycles. The highest BCUT2D eigenvalue weighted by molar-refractivity contribution is 6.42. The van der Waals surface area contributed by atoms with Crippen LogP contribution < -0.4 is 5.32 Å². The maximum absolute atomic E-state index is 12.5. The van der Waals surface area contributed by atoms with Gasteiger partial charge in [-0.25, -0.2) is 0 Å². The highest BCUT2D eigenvalue weighted by Gasteiger charge is 2.25. The van der Waals surface area contributed by atoms with Crippen molar-refractivity contribution in [3.63, 3.8) is 0 Å². The van der Waals surface area contributed by atoms with Crippen molar-refractivity contribution in [2.45, 2.75) is 18.9 Å². The van der Waals surface area contributed by atoms with Crippen LogP contribution in [0.15, 0.2) is 30.9 Å². The van der Waals surface area contributed by atoms with Crippen LogP contribution >= 0.6 is 23.2 Å². The predicted octanol–water partition coefficient (Wildman–Crippen LogP) is 2.90. The van der Waals surface area contributed by atoms with Crippen molar-refractivity contribution in [1.82, 2.24) is 10.2 Å². The standard InChI is InChI=1S/C15H16Cl2N2O2/c1-2-14(20)18-11-4-3-7-19(9-11)15(21)10-5-6-12(16)13(17)8-10/h2,5-6,8,11H,1,3-4,7,9H2,(H,18,20)/t11-/m0/s1. The quantitative estimate of drug-likeness (QED) is 0.868. The summed E-state index contributed by atoms with van der Waals surface area (Å²) in [6, 6.07) is 4.79. The molecule has 0 unspecified atom stereocenters. The second-order valence-electron chi connectivity index (χ2n) is 4.93. The zero-order valence-corrected chi connectivity index (χ0v) is 13.0.